The zero-order valence-corrected chi connectivity index (χ0v) is 16.6. The predicted molar refractivity (Wildman–Crippen MR) is 110 cm³/mol. The number of sulfonamides is 1. The Hall–Kier alpha value is -3.83. The molecule has 31 heavy (non-hydrogen) atoms. The van der Waals surface area contributed by atoms with Crippen molar-refractivity contribution in [3.8, 4) is 0 Å². The van der Waals surface area contributed by atoms with Crippen molar-refractivity contribution in [2.24, 2.45) is 0 Å². The van der Waals surface area contributed by atoms with Gasteiger partial charge >= 0.3 is 5.69 Å². The van der Waals surface area contributed by atoms with E-state index in [0.717, 1.165) is 18.2 Å². The second-order valence-corrected chi connectivity index (χ2v) is 7.99. The van der Waals surface area contributed by atoms with E-state index < -0.39 is 32.4 Å². The van der Waals surface area contributed by atoms with Crippen LogP contribution in [-0.2, 0) is 21.4 Å². The van der Waals surface area contributed by atoms with Crippen LogP contribution in [0.25, 0.3) is 6.08 Å². The van der Waals surface area contributed by atoms with Crippen molar-refractivity contribution in [1.82, 2.24) is 4.72 Å². The van der Waals surface area contributed by atoms with E-state index >= 15 is 0 Å². The first-order valence-corrected chi connectivity index (χ1v) is 10.3. The zero-order valence-electron chi connectivity index (χ0n) is 15.8. The molecule has 3 rings (SSSR count). The molecule has 0 aliphatic carbocycles. The zero-order chi connectivity index (χ0) is 22.4. The third-order valence-electron chi connectivity index (χ3n) is 4.04. The van der Waals surface area contributed by atoms with E-state index in [0.29, 0.717) is 11.3 Å². The summed E-state index contributed by atoms with van der Waals surface area (Å²) in [6, 6.07) is 12.1. The van der Waals surface area contributed by atoms with Crippen LogP contribution in [0.3, 0.4) is 0 Å². The fraction of sp³-hybridized carbons (Fsp3) is 0.0500. The molecule has 11 heteroatoms. The van der Waals surface area contributed by atoms with Gasteiger partial charge in [0.15, 0.2) is 0 Å². The summed E-state index contributed by atoms with van der Waals surface area (Å²) in [5.41, 5.74) is -0.142. The lowest BCUT2D eigenvalue weighted by Crippen LogP contribution is -2.22. The van der Waals surface area contributed by atoms with Crippen LogP contribution >= 0.6 is 0 Å². The van der Waals surface area contributed by atoms with Crippen molar-refractivity contribution >= 4 is 33.4 Å². The first-order valence-electron chi connectivity index (χ1n) is 8.80. The Morgan fingerprint density at radius 2 is 1.90 bits per heavy atom. The number of nitrogens with one attached hydrogen (secondary N) is 2. The van der Waals surface area contributed by atoms with Gasteiger partial charge in [-0.05, 0) is 48.0 Å². The molecule has 0 saturated carbocycles. The van der Waals surface area contributed by atoms with Crippen molar-refractivity contribution in [3.05, 3.63) is 94.2 Å². The molecule has 0 spiro atoms. The summed E-state index contributed by atoms with van der Waals surface area (Å²) >= 11 is 0. The molecule has 1 aromatic heterocycles. The van der Waals surface area contributed by atoms with Gasteiger partial charge in [-0.15, -0.1) is 0 Å². The van der Waals surface area contributed by atoms with Crippen LogP contribution in [-0.4, -0.2) is 19.2 Å². The highest BCUT2D eigenvalue weighted by molar-refractivity contribution is 7.89. The Labute approximate surface area is 176 Å². The Morgan fingerprint density at radius 1 is 1.16 bits per heavy atom. The summed E-state index contributed by atoms with van der Waals surface area (Å²) in [5, 5.41) is 13.1. The largest absolute Gasteiger partial charge is 0.468 e. The second kappa shape index (κ2) is 9.32. The van der Waals surface area contributed by atoms with Gasteiger partial charge in [-0.3, -0.25) is 14.9 Å². The highest BCUT2D eigenvalue weighted by Crippen LogP contribution is 2.21. The third-order valence-corrected chi connectivity index (χ3v) is 5.46. The lowest BCUT2D eigenvalue weighted by Gasteiger charge is -2.06. The normalized spacial score (nSPS) is 11.5. The van der Waals surface area contributed by atoms with Gasteiger partial charge in [-0.2, -0.15) is 4.39 Å². The molecule has 0 aliphatic rings. The van der Waals surface area contributed by atoms with Crippen molar-refractivity contribution in [2.75, 3.05) is 5.32 Å². The van der Waals surface area contributed by atoms with Crippen molar-refractivity contribution in [3.63, 3.8) is 0 Å². The molecular formula is C20H16FN3O6S. The first kappa shape index (κ1) is 21.9. The number of nitrogens with zero attached hydrogens (tertiary/aromatic N) is 1. The number of furan rings is 1. The third kappa shape index (κ3) is 5.84. The SMILES string of the molecule is O=C(/C=C/c1ccc(S(=O)(=O)NCc2ccco2)cc1)Nc1ccc(F)c([N+](=O)[O-])c1. The fourth-order valence-electron chi connectivity index (χ4n) is 2.51. The summed E-state index contributed by atoms with van der Waals surface area (Å²) < 4.78 is 45.4. The molecule has 2 aromatic carbocycles. The Balaban J connectivity index is 1.62. The average Bonchev–Trinajstić information content (AvgIpc) is 3.26. The molecule has 1 amide bonds. The Bertz CT molecular complexity index is 1220. The monoisotopic (exact) mass is 445 g/mol. The van der Waals surface area contributed by atoms with Gasteiger partial charge in [0, 0.05) is 17.8 Å². The number of benzene rings is 2. The number of hydrogen-bond donors (Lipinski definition) is 2. The number of nitro groups is 1. The summed E-state index contributed by atoms with van der Waals surface area (Å²) in [4.78, 5) is 21.9. The van der Waals surface area contributed by atoms with Gasteiger partial charge < -0.3 is 9.73 Å². The molecule has 3 aromatic rings. The number of amides is 1. The van der Waals surface area contributed by atoms with E-state index in [1.807, 2.05) is 0 Å². The Kier molecular flexibility index (Phi) is 6.58. The van der Waals surface area contributed by atoms with Crippen LogP contribution in [0, 0.1) is 15.9 Å². The van der Waals surface area contributed by atoms with E-state index in [1.165, 1.54) is 42.7 Å². The van der Waals surface area contributed by atoms with Crippen LogP contribution in [0.1, 0.15) is 11.3 Å². The molecule has 0 fully saturated rings. The van der Waals surface area contributed by atoms with Crippen molar-refractivity contribution in [2.45, 2.75) is 11.4 Å². The molecule has 0 radical (unpaired) electrons. The van der Waals surface area contributed by atoms with E-state index in [2.05, 4.69) is 10.0 Å². The molecule has 0 unspecified atom stereocenters. The van der Waals surface area contributed by atoms with Gasteiger partial charge in [-0.25, -0.2) is 13.1 Å². The summed E-state index contributed by atoms with van der Waals surface area (Å²) in [6.07, 6.45) is 4.03. The van der Waals surface area contributed by atoms with Gasteiger partial charge in [0.2, 0.25) is 21.7 Å². The molecular weight excluding hydrogens is 429 g/mol. The lowest BCUT2D eigenvalue weighted by atomic mass is 10.2. The number of hydrogen-bond acceptors (Lipinski definition) is 6. The number of nitro benzene ring substituents is 1. The van der Waals surface area contributed by atoms with Gasteiger partial charge in [0.25, 0.3) is 0 Å². The molecule has 2 N–H and O–H groups in total. The summed E-state index contributed by atoms with van der Waals surface area (Å²) in [5.74, 6) is -1.13. The number of carbonyl (C=O) groups excluding carboxylic acids is 1. The molecule has 0 saturated heterocycles. The van der Waals surface area contributed by atoms with Crippen LogP contribution < -0.4 is 10.0 Å². The number of carbonyl (C=O) groups is 1. The van der Waals surface area contributed by atoms with Crippen LogP contribution in [0.4, 0.5) is 15.8 Å². The van der Waals surface area contributed by atoms with E-state index in [1.54, 1.807) is 12.1 Å². The topological polar surface area (TPSA) is 132 Å². The Morgan fingerprint density at radius 3 is 2.55 bits per heavy atom. The summed E-state index contributed by atoms with van der Waals surface area (Å²) in [6.45, 7) is 0.0126. The summed E-state index contributed by atoms with van der Waals surface area (Å²) in [7, 11) is -3.74. The van der Waals surface area contributed by atoms with Crippen LogP contribution in [0.15, 0.2) is 76.2 Å². The number of rotatable bonds is 8. The van der Waals surface area contributed by atoms with E-state index in [-0.39, 0.29) is 17.1 Å². The molecule has 160 valence electrons. The van der Waals surface area contributed by atoms with E-state index in [4.69, 9.17) is 4.42 Å². The number of halogens is 1. The van der Waals surface area contributed by atoms with Crippen LogP contribution in [0.5, 0.6) is 0 Å². The quantitative estimate of drug-likeness (QED) is 0.310. The molecule has 1 heterocycles. The minimum atomic E-state index is -3.74. The molecule has 0 aliphatic heterocycles. The second-order valence-electron chi connectivity index (χ2n) is 6.22. The average molecular weight is 445 g/mol. The lowest BCUT2D eigenvalue weighted by molar-refractivity contribution is -0.387. The van der Waals surface area contributed by atoms with Gasteiger partial charge in [0.05, 0.1) is 22.6 Å². The van der Waals surface area contributed by atoms with Gasteiger partial charge in [-0.1, -0.05) is 12.1 Å². The number of anilines is 1. The minimum absolute atomic E-state index is 0.0126. The van der Waals surface area contributed by atoms with Crippen molar-refractivity contribution in [1.29, 1.82) is 0 Å². The maximum absolute atomic E-state index is 13.3. The first-order chi connectivity index (χ1) is 14.7. The smallest absolute Gasteiger partial charge is 0.306 e. The maximum atomic E-state index is 13.3. The highest BCUT2D eigenvalue weighted by atomic mass is 32.2. The fourth-order valence-corrected chi connectivity index (χ4v) is 3.50. The van der Waals surface area contributed by atoms with Crippen molar-refractivity contribution < 1.29 is 26.9 Å². The molecule has 0 bridgehead atoms. The van der Waals surface area contributed by atoms with Crippen LogP contribution in [0.2, 0.25) is 0 Å². The minimum Gasteiger partial charge on any atom is -0.468 e. The highest BCUT2D eigenvalue weighted by Gasteiger charge is 2.15. The van der Waals surface area contributed by atoms with E-state index in [9.17, 15) is 27.7 Å². The molecule has 0 atom stereocenters. The molecule has 9 nitrogen and oxygen atoms in total. The standard InChI is InChI=1S/C20H16FN3O6S/c21-18-9-6-15(12-19(18)24(26)27)23-20(25)10-5-14-3-7-17(8-4-14)31(28,29)22-13-16-2-1-11-30-16/h1-12,22H,13H2,(H,23,25)/b10-5+. The predicted octanol–water partition coefficient (Wildman–Crippen LogP) is 3.46. The van der Waals surface area contributed by atoms with Gasteiger partial charge in [0.1, 0.15) is 5.76 Å². The maximum Gasteiger partial charge on any atom is 0.306 e.